The lowest BCUT2D eigenvalue weighted by atomic mass is 10.2. The van der Waals surface area contributed by atoms with Crippen LogP contribution in [-0.4, -0.2) is 16.0 Å². The molecule has 4 nitrogen and oxygen atoms in total. The molecule has 1 amide bonds. The first kappa shape index (κ1) is 12.6. The molecular formula is C13H14N2O2S. The number of nitrogens with one attached hydrogen (secondary N) is 1. The molecule has 0 aliphatic carbocycles. The molecule has 0 atom stereocenters. The molecule has 1 aromatic carbocycles. The van der Waals surface area contributed by atoms with Crippen molar-refractivity contribution >= 4 is 22.9 Å². The van der Waals surface area contributed by atoms with Crippen molar-refractivity contribution in [2.45, 2.75) is 20.3 Å². The van der Waals surface area contributed by atoms with Gasteiger partial charge in [0.15, 0.2) is 0 Å². The van der Waals surface area contributed by atoms with Crippen LogP contribution in [0.1, 0.15) is 16.3 Å². The van der Waals surface area contributed by atoms with Crippen molar-refractivity contribution in [3.63, 3.8) is 0 Å². The van der Waals surface area contributed by atoms with Crippen molar-refractivity contribution in [3.05, 3.63) is 39.8 Å². The average molecular weight is 262 g/mol. The van der Waals surface area contributed by atoms with Gasteiger partial charge in [0.25, 0.3) is 0 Å². The number of aromatic hydroxyl groups is 1. The number of phenolic OH excluding ortho intramolecular Hbond substituents is 1. The summed E-state index contributed by atoms with van der Waals surface area (Å²) >= 11 is 1.48. The molecule has 2 aromatic rings. The molecular weight excluding hydrogens is 248 g/mol. The van der Waals surface area contributed by atoms with Crippen molar-refractivity contribution < 1.29 is 9.90 Å². The van der Waals surface area contributed by atoms with E-state index in [1.54, 1.807) is 18.2 Å². The molecule has 18 heavy (non-hydrogen) atoms. The predicted octanol–water partition coefficient (Wildman–Crippen LogP) is 2.65. The van der Waals surface area contributed by atoms with Crippen molar-refractivity contribution in [1.29, 1.82) is 0 Å². The van der Waals surface area contributed by atoms with E-state index in [-0.39, 0.29) is 18.1 Å². The van der Waals surface area contributed by atoms with Crippen molar-refractivity contribution in [3.8, 4) is 5.75 Å². The molecule has 0 saturated heterocycles. The Hall–Kier alpha value is -1.88. The minimum Gasteiger partial charge on any atom is -0.508 e. The number of carbonyl (C=O) groups is 1. The van der Waals surface area contributed by atoms with E-state index in [2.05, 4.69) is 10.3 Å². The van der Waals surface area contributed by atoms with Crippen molar-refractivity contribution in [1.82, 2.24) is 4.98 Å². The van der Waals surface area contributed by atoms with E-state index in [0.29, 0.717) is 5.69 Å². The van der Waals surface area contributed by atoms with Gasteiger partial charge in [0, 0.05) is 16.8 Å². The largest absolute Gasteiger partial charge is 0.508 e. The van der Waals surface area contributed by atoms with E-state index in [4.69, 9.17) is 0 Å². The summed E-state index contributed by atoms with van der Waals surface area (Å²) in [6.07, 6.45) is 0.277. The van der Waals surface area contributed by atoms with Gasteiger partial charge in [-0.15, -0.1) is 11.3 Å². The summed E-state index contributed by atoms with van der Waals surface area (Å²) in [5.41, 5.74) is 2.48. The third-order valence-corrected chi connectivity index (χ3v) is 3.43. The topological polar surface area (TPSA) is 62.2 Å². The molecule has 0 aliphatic heterocycles. The lowest BCUT2D eigenvalue weighted by Gasteiger charge is -2.07. The number of aryl methyl sites for hydroxylation is 2. The van der Waals surface area contributed by atoms with Gasteiger partial charge in [-0.05, 0) is 37.6 Å². The molecule has 0 spiro atoms. The smallest absolute Gasteiger partial charge is 0.231 e. The van der Waals surface area contributed by atoms with E-state index < -0.39 is 0 Å². The van der Waals surface area contributed by atoms with Crippen LogP contribution in [0.2, 0.25) is 0 Å². The highest BCUT2D eigenvalue weighted by Crippen LogP contribution is 2.20. The summed E-state index contributed by atoms with van der Waals surface area (Å²) < 4.78 is 0. The molecule has 1 heterocycles. The molecule has 1 aromatic heterocycles. The highest BCUT2D eigenvalue weighted by molar-refractivity contribution is 7.09. The van der Waals surface area contributed by atoms with Crippen LogP contribution in [0.4, 0.5) is 5.69 Å². The number of hydrogen-bond donors (Lipinski definition) is 2. The highest BCUT2D eigenvalue weighted by Gasteiger charge is 2.08. The van der Waals surface area contributed by atoms with Crippen LogP contribution in [0.3, 0.4) is 0 Å². The first-order valence-electron chi connectivity index (χ1n) is 5.55. The van der Waals surface area contributed by atoms with Crippen LogP contribution in [0.25, 0.3) is 0 Å². The Morgan fingerprint density at radius 1 is 1.44 bits per heavy atom. The maximum Gasteiger partial charge on any atom is 0.231 e. The second-order valence-electron chi connectivity index (χ2n) is 4.11. The number of amides is 1. The van der Waals surface area contributed by atoms with Crippen LogP contribution in [-0.2, 0) is 11.2 Å². The fraction of sp³-hybridized carbons (Fsp3) is 0.231. The number of phenols is 1. The number of anilines is 1. The lowest BCUT2D eigenvalue weighted by Crippen LogP contribution is -2.15. The second kappa shape index (κ2) is 5.18. The molecule has 0 unspecified atom stereocenters. The van der Waals surface area contributed by atoms with E-state index in [1.807, 2.05) is 19.2 Å². The molecule has 5 heteroatoms. The van der Waals surface area contributed by atoms with Gasteiger partial charge in [-0.2, -0.15) is 0 Å². The summed E-state index contributed by atoms with van der Waals surface area (Å²) in [7, 11) is 0. The molecule has 0 bridgehead atoms. The Kier molecular flexibility index (Phi) is 3.62. The number of benzene rings is 1. The number of thiazole rings is 1. The highest BCUT2D eigenvalue weighted by atomic mass is 32.1. The number of aromatic nitrogens is 1. The monoisotopic (exact) mass is 262 g/mol. The summed E-state index contributed by atoms with van der Waals surface area (Å²) in [6.45, 7) is 3.74. The number of nitrogens with zero attached hydrogens (tertiary/aromatic N) is 1. The first-order valence-corrected chi connectivity index (χ1v) is 6.43. The Bertz CT molecular complexity index is 578. The molecule has 0 aliphatic rings. The van der Waals surface area contributed by atoms with E-state index >= 15 is 0 Å². The van der Waals surface area contributed by atoms with Crippen LogP contribution in [0.5, 0.6) is 5.75 Å². The van der Waals surface area contributed by atoms with Crippen LogP contribution in [0, 0.1) is 13.8 Å². The third kappa shape index (κ3) is 3.07. The Morgan fingerprint density at radius 3 is 2.83 bits per heavy atom. The molecule has 0 radical (unpaired) electrons. The third-order valence-electron chi connectivity index (χ3n) is 2.46. The average Bonchev–Trinajstić information content (AvgIpc) is 2.68. The van der Waals surface area contributed by atoms with E-state index in [9.17, 15) is 9.90 Å². The predicted molar refractivity (Wildman–Crippen MR) is 72.0 cm³/mol. The summed E-state index contributed by atoms with van der Waals surface area (Å²) in [5, 5.41) is 14.8. The first-order chi connectivity index (χ1) is 8.54. The molecule has 2 rings (SSSR count). The standard InChI is InChI=1S/C13H14N2O2S/c1-8-5-10(16)3-4-11(8)15-12(17)6-13-14-9(2)7-18-13/h3-5,7,16H,6H2,1-2H3,(H,15,17). The van der Waals surface area contributed by atoms with Gasteiger partial charge in [0.2, 0.25) is 5.91 Å². The van der Waals surface area contributed by atoms with Gasteiger partial charge in [-0.1, -0.05) is 0 Å². The Labute approximate surface area is 109 Å². The molecule has 94 valence electrons. The summed E-state index contributed by atoms with van der Waals surface area (Å²) in [5.74, 6) is 0.0965. The molecule has 0 saturated carbocycles. The Morgan fingerprint density at radius 2 is 2.22 bits per heavy atom. The van der Waals surface area contributed by atoms with Gasteiger partial charge < -0.3 is 10.4 Å². The minimum atomic E-state index is -0.0989. The number of rotatable bonds is 3. The lowest BCUT2D eigenvalue weighted by molar-refractivity contribution is -0.115. The quantitative estimate of drug-likeness (QED) is 0.836. The summed E-state index contributed by atoms with van der Waals surface area (Å²) in [6, 6.07) is 4.86. The Balaban J connectivity index is 2.03. The van der Waals surface area contributed by atoms with Gasteiger partial charge >= 0.3 is 0 Å². The second-order valence-corrected chi connectivity index (χ2v) is 5.05. The number of hydrogen-bond acceptors (Lipinski definition) is 4. The van der Waals surface area contributed by atoms with Crippen LogP contribution in [0.15, 0.2) is 23.6 Å². The SMILES string of the molecule is Cc1csc(CC(=O)Nc2ccc(O)cc2C)n1. The zero-order valence-corrected chi connectivity index (χ0v) is 11.0. The van der Waals surface area contributed by atoms with E-state index in [0.717, 1.165) is 16.3 Å². The molecule has 2 N–H and O–H groups in total. The fourth-order valence-corrected chi connectivity index (χ4v) is 2.37. The number of carbonyl (C=O) groups excluding carboxylic acids is 1. The summed E-state index contributed by atoms with van der Waals surface area (Å²) in [4.78, 5) is 16.1. The fourth-order valence-electron chi connectivity index (χ4n) is 1.60. The minimum absolute atomic E-state index is 0.0989. The van der Waals surface area contributed by atoms with Crippen molar-refractivity contribution in [2.75, 3.05) is 5.32 Å². The van der Waals surface area contributed by atoms with Crippen LogP contribution >= 0.6 is 11.3 Å². The van der Waals surface area contributed by atoms with Gasteiger partial charge in [-0.3, -0.25) is 4.79 Å². The van der Waals surface area contributed by atoms with Gasteiger partial charge in [0.05, 0.1) is 6.42 Å². The van der Waals surface area contributed by atoms with Gasteiger partial charge in [0.1, 0.15) is 10.8 Å². The maximum atomic E-state index is 11.8. The zero-order valence-electron chi connectivity index (χ0n) is 10.2. The van der Waals surface area contributed by atoms with E-state index in [1.165, 1.54) is 11.3 Å². The zero-order chi connectivity index (χ0) is 13.1. The normalized spacial score (nSPS) is 10.3. The van der Waals surface area contributed by atoms with Gasteiger partial charge in [-0.25, -0.2) is 4.98 Å². The maximum absolute atomic E-state index is 11.8. The van der Waals surface area contributed by atoms with Crippen molar-refractivity contribution in [2.24, 2.45) is 0 Å². The molecule has 0 fully saturated rings. The van der Waals surface area contributed by atoms with Crippen LogP contribution < -0.4 is 5.32 Å².